The lowest BCUT2D eigenvalue weighted by atomic mass is 10.1. The van der Waals surface area contributed by atoms with Crippen molar-refractivity contribution in [1.82, 2.24) is 9.66 Å². The second kappa shape index (κ2) is 12.6. The molecule has 1 heterocycles. The molecule has 0 aliphatic carbocycles. The first-order chi connectivity index (χ1) is 18.4. The van der Waals surface area contributed by atoms with E-state index >= 15 is 0 Å². The smallest absolute Gasteiger partial charge is 0.282 e. The van der Waals surface area contributed by atoms with Gasteiger partial charge in [0, 0.05) is 26.5 Å². The van der Waals surface area contributed by atoms with E-state index < -0.39 is 0 Å². The number of fused-ring (bicyclic) bond motifs is 1. The van der Waals surface area contributed by atoms with Crippen molar-refractivity contribution in [3.05, 3.63) is 95.4 Å². The Morgan fingerprint density at radius 1 is 1.21 bits per heavy atom. The number of hydrogen-bond donors (Lipinski definition) is 0. The van der Waals surface area contributed by atoms with Crippen LogP contribution < -0.4 is 15.0 Å². The van der Waals surface area contributed by atoms with E-state index in [2.05, 4.69) is 50.0 Å². The number of nitrogens with zero attached hydrogens (tertiary/aromatic N) is 4. The van der Waals surface area contributed by atoms with Crippen molar-refractivity contribution in [1.29, 1.82) is 5.26 Å². The Morgan fingerprint density at radius 2 is 2.00 bits per heavy atom. The minimum absolute atomic E-state index is 0.133. The molecule has 0 fully saturated rings. The molecule has 38 heavy (non-hydrogen) atoms. The number of ether oxygens (including phenoxy) is 2. The summed E-state index contributed by atoms with van der Waals surface area (Å²) in [4.78, 5) is 18.1. The van der Waals surface area contributed by atoms with Crippen molar-refractivity contribution in [2.45, 2.75) is 32.8 Å². The van der Waals surface area contributed by atoms with Crippen molar-refractivity contribution < 1.29 is 9.47 Å². The molecule has 0 saturated carbocycles. The number of rotatable bonds is 9. The molecule has 0 atom stereocenters. The standard InChI is InChI=1S/C28H23Br2ClN4O3/c1-3-4-9-24-34-22-11-10-20(29)13-21(22)28(36)35(24)33-15-19-12-23(37-2)27(26(31)25(19)30)38-16-18-8-6-5-7-17(18)14-32/h5-8,10-13,15H,3-4,9,16H2,1-2H3. The molecule has 0 unspecified atom stereocenters. The highest BCUT2D eigenvalue weighted by molar-refractivity contribution is 9.10. The van der Waals surface area contributed by atoms with Gasteiger partial charge in [-0.3, -0.25) is 4.79 Å². The lowest BCUT2D eigenvalue weighted by molar-refractivity contribution is 0.284. The van der Waals surface area contributed by atoms with E-state index in [1.165, 1.54) is 18.0 Å². The van der Waals surface area contributed by atoms with Crippen LogP contribution in [0.3, 0.4) is 0 Å². The maximum absolute atomic E-state index is 13.4. The van der Waals surface area contributed by atoms with Crippen LogP contribution in [0.4, 0.5) is 0 Å². The molecule has 0 aliphatic heterocycles. The Balaban J connectivity index is 1.73. The van der Waals surface area contributed by atoms with Crippen LogP contribution in [-0.4, -0.2) is 23.0 Å². The van der Waals surface area contributed by atoms with E-state index in [0.29, 0.717) is 50.2 Å². The number of unbranched alkanes of at least 4 members (excludes halogenated alkanes) is 1. The number of hydrogen-bond acceptors (Lipinski definition) is 6. The number of methoxy groups -OCH3 is 1. The third kappa shape index (κ3) is 5.93. The minimum Gasteiger partial charge on any atom is -0.493 e. The molecule has 0 spiro atoms. The van der Waals surface area contributed by atoms with Crippen molar-refractivity contribution >= 4 is 60.6 Å². The number of nitriles is 1. The number of halogens is 3. The number of aryl methyl sites for hydroxylation is 1. The summed E-state index contributed by atoms with van der Waals surface area (Å²) in [7, 11) is 1.51. The second-order valence-corrected chi connectivity index (χ2v) is 10.4. The molecule has 0 radical (unpaired) electrons. The lowest BCUT2D eigenvalue weighted by Gasteiger charge is -2.15. The van der Waals surface area contributed by atoms with Gasteiger partial charge in [-0.2, -0.15) is 15.0 Å². The third-order valence-electron chi connectivity index (χ3n) is 5.83. The van der Waals surface area contributed by atoms with Crippen LogP contribution >= 0.6 is 43.5 Å². The summed E-state index contributed by atoms with van der Waals surface area (Å²) >= 11 is 13.6. The first kappa shape index (κ1) is 27.8. The molecule has 194 valence electrons. The number of aromatic nitrogens is 2. The van der Waals surface area contributed by atoms with Gasteiger partial charge in [0.2, 0.25) is 0 Å². The van der Waals surface area contributed by atoms with Crippen molar-refractivity contribution in [2.75, 3.05) is 7.11 Å². The molecule has 0 bridgehead atoms. The molecule has 0 amide bonds. The monoisotopic (exact) mass is 656 g/mol. The minimum atomic E-state index is -0.260. The van der Waals surface area contributed by atoms with Crippen molar-refractivity contribution in [3.63, 3.8) is 0 Å². The molecular weight excluding hydrogens is 636 g/mol. The van der Waals surface area contributed by atoms with Crippen molar-refractivity contribution in [2.24, 2.45) is 5.10 Å². The molecule has 4 aromatic rings. The van der Waals surface area contributed by atoms with Crippen LogP contribution in [0, 0.1) is 11.3 Å². The highest BCUT2D eigenvalue weighted by Gasteiger charge is 2.18. The summed E-state index contributed by atoms with van der Waals surface area (Å²) in [6, 6.07) is 16.5. The topological polar surface area (TPSA) is 89.5 Å². The molecule has 7 nitrogen and oxygen atoms in total. The van der Waals surface area contributed by atoms with Gasteiger partial charge < -0.3 is 9.47 Å². The van der Waals surface area contributed by atoms with Crippen LogP contribution in [0.5, 0.6) is 11.5 Å². The summed E-state index contributed by atoms with van der Waals surface area (Å²) < 4.78 is 14.2. The molecule has 1 aromatic heterocycles. The van der Waals surface area contributed by atoms with Crippen LogP contribution in [0.1, 0.15) is 42.3 Å². The molecule has 10 heteroatoms. The predicted octanol–water partition coefficient (Wildman–Crippen LogP) is 7.26. The zero-order valence-electron chi connectivity index (χ0n) is 20.7. The Morgan fingerprint density at radius 3 is 2.74 bits per heavy atom. The van der Waals surface area contributed by atoms with E-state index in [1.54, 1.807) is 24.3 Å². The summed E-state index contributed by atoms with van der Waals surface area (Å²) in [5.41, 5.74) is 2.19. The summed E-state index contributed by atoms with van der Waals surface area (Å²) in [6.07, 6.45) is 3.97. The first-order valence-corrected chi connectivity index (χ1v) is 13.8. The van der Waals surface area contributed by atoms with Gasteiger partial charge in [0.05, 0.1) is 35.9 Å². The van der Waals surface area contributed by atoms with E-state index in [0.717, 1.165) is 22.9 Å². The van der Waals surface area contributed by atoms with Crippen LogP contribution in [0.15, 0.2) is 67.4 Å². The highest BCUT2D eigenvalue weighted by atomic mass is 79.9. The predicted molar refractivity (Wildman–Crippen MR) is 156 cm³/mol. The Labute approximate surface area is 241 Å². The van der Waals surface area contributed by atoms with Gasteiger partial charge in [0.25, 0.3) is 5.56 Å². The zero-order chi connectivity index (χ0) is 27.2. The van der Waals surface area contributed by atoms with Gasteiger partial charge in [-0.15, -0.1) is 0 Å². The van der Waals surface area contributed by atoms with Gasteiger partial charge in [0.1, 0.15) is 17.5 Å². The van der Waals surface area contributed by atoms with Crippen molar-refractivity contribution in [3.8, 4) is 17.6 Å². The molecule has 0 N–H and O–H groups in total. The fraction of sp³-hybridized carbons (Fsp3) is 0.214. The average Bonchev–Trinajstić information content (AvgIpc) is 2.93. The van der Waals surface area contributed by atoms with Crippen LogP contribution in [0.2, 0.25) is 5.02 Å². The molecule has 0 aliphatic rings. The maximum atomic E-state index is 13.4. The maximum Gasteiger partial charge on any atom is 0.282 e. The fourth-order valence-electron chi connectivity index (χ4n) is 3.82. The molecule has 4 rings (SSSR count). The van der Waals surface area contributed by atoms with Gasteiger partial charge in [0.15, 0.2) is 11.5 Å². The van der Waals surface area contributed by atoms with Gasteiger partial charge in [-0.05, 0) is 52.7 Å². The van der Waals surface area contributed by atoms with Gasteiger partial charge >= 0.3 is 0 Å². The van der Waals surface area contributed by atoms with Crippen LogP contribution in [-0.2, 0) is 13.0 Å². The Hall–Kier alpha value is -3.19. The third-order valence-corrected chi connectivity index (χ3v) is 7.76. The van der Waals surface area contributed by atoms with Gasteiger partial charge in [-0.1, -0.05) is 59.1 Å². The van der Waals surface area contributed by atoms with E-state index in [4.69, 9.17) is 26.1 Å². The molecular formula is C28H23Br2ClN4O3. The Bertz CT molecular complexity index is 1630. The van der Waals surface area contributed by atoms with E-state index in [9.17, 15) is 10.1 Å². The van der Waals surface area contributed by atoms with E-state index in [-0.39, 0.29) is 17.2 Å². The zero-order valence-corrected chi connectivity index (χ0v) is 24.6. The fourth-order valence-corrected chi connectivity index (χ4v) is 4.84. The van der Waals surface area contributed by atoms with Gasteiger partial charge in [-0.25, -0.2) is 4.98 Å². The van der Waals surface area contributed by atoms with Crippen LogP contribution in [0.25, 0.3) is 10.9 Å². The summed E-state index contributed by atoms with van der Waals surface area (Å²) in [5, 5.41) is 14.6. The average molecular weight is 659 g/mol. The summed E-state index contributed by atoms with van der Waals surface area (Å²) in [5.74, 6) is 1.28. The summed E-state index contributed by atoms with van der Waals surface area (Å²) in [6.45, 7) is 2.21. The first-order valence-electron chi connectivity index (χ1n) is 11.8. The molecule has 3 aromatic carbocycles. The second-order valence-electron chi connectivity index (χ2n) is 8.34. The van der Waals surface area contributed by atoms with E-state index in [1.807, 2.05) is 24.3 Å². The Kier molecular flexibility index (Phi) is 9.21. The number of benzene rings is 3. The normalized spacial score (nSPS) is 11.2. The largest absolute Gasteiger partial charge is 0.493 e. The molecule has 0 saturated heterocycles. The quantitative estimate of drug-likeness (QED) is 0.177. The lowest BCUT2D eigenvalue weighted by Crippen LogP contribution is -2.22. The SMILES string of the molecule is CCCCc1nc2ccc(Br)cc2c(=O)n1N=Cc1cc(OC)c(OCc2ccccc2C#N)c(Cl)c1Br. The highest BCUT2D eigenvalue weighted by Crippen LogP contribution is 2.42.